The molecule has 1 aliphatic rings. The molecule has 1 aromatic carbocycles. The standard InChI is InChI=1S/C17H25NO2/c1-3-14-9-7-8-13(2)16(14)18-15(19)12-17(20)10-5-4-6-11-17/h7-9,20H,3-6,10-12H2,1-2H3,(H,18,19). The van der Waals surface area contributed by atoms with Gasteiger partial charge in [0, 0.05) is 5.69 Å². The third-order valence-electron chi connectivity index (χ3n) is 4.28. The molecule has 0 bridgehead atoms. The Kier molecular flexibility index (Phi) is 4.81. The molecule has 0 atom stereocenters. The largest absolute Gasteiger partial charge is 0.389 e. The average molecular weight is 275 g/mol. The number of carbonyl (C=O) groups excluding carboxylic acids is 1. The van der Waals surface area contributed by atoms with E-state index in [-0.39, 0.29) is 12.3 Å². The maximum absolute atomic E-state index is 12.2. The lowest BCUT2D eigenvalue weighted by atomic mass is 9.82. The van der Waals surface area contributed by atoms with Crippen LogP contribution in [0.2, 0.25) is 0 Å². The average Bonchev–Trinajstić information content (AvgIpc) is 2.41. The summed E-state index contributed by atoms with van der Waals surface area (Å²) < 4.78 is 0. The molecule has 2 N–H and O–H groups in total. The van der Waals surface area contributed by atoms with Crippen molar-refractivity contribution in [2.45, 2.75) is 64.4 Å². The molecule has 0 heterocycles. The van der Waals surface area contributed by atoms with E-state index in [1.807, 2.05) is 25.1 Å². The van der Waals surface area contributed by atoms with Crippen LogP contribution in [-0.2, 0) is 11.2 Å². The fourth-order valence-corrected chi connectivity index (χ4v) is 3.07. The highest BCUT2D eigenvalue weighted by molar-refractivity contribution is 5.93. The number of aliphatic hydroxyl groups is 1. The Morgan fingerprint density at radius 2 is 2.00 bits per heavy atom. The van der Waals surface area contributed by atoms with E-state index in [9.17, 15) is 9.90 Å². The van der Waals surface area contributed by atoms with Gasteiger partial charge in [-0.3, -0.25) is 4.79 Å². The van der Waals surface area contributed by atoms with Gasteiger partial charge in [-0.05, 0) is 37.3 Å². The number of rotatable bonds is 4. The van der Waals surface area contributed by atoms with Crippen molar-refractivity contribution in [2.24, 2.45) is 0 Å². The van der Waals surface area contributed by atoms with Gasteiger partial charge >= 0.3 is 0 Å². The van der Waals surface area contributed by atoms with Crippen molar-refractivity contribution in [1.82, 2.24) is 0 Å². The van der Waals surface area contributed by atoms with Crippen LogP contribution in [0.1, 0.15) is 56.6 Å². The van der Waals surface area contributed by atoms with Crippen LogP contribution in [0.15, 0.2) is 18.2 Å². The van der Waals surface area contributed by atoms with Crippen LogP contribution in [0, 0.1) is 6.92 Å². The molecule has 2 rings (SSSR count). The quantitative estimate of drug-likeness (QED) is 0.882. The highest BCUT2D eigenvalue weighted by atomic mass is 16.3. The van der Waals surface area contributed by atoms with E-state index in [4.69, 9.17) is 0 Å². The summed E-state index contributed by atoms with van der Waals surface area (Å²) in [6.45, 7) is 4.09. The third-order valence-corrected chi connectivity index (χ3v) is 4.28. The van der Waals surface area contributed by atoms with Crippen LogP contribution in [0.25, 0.3) is 0 Å². The maximum atomic E-state index is 12.2. The molecule has 0 spiro atoms. The summed E-state index contributed by atoms with van der Waals surface area (Å²) >= 11 is 0. The van der Waals surface area contributed by atoms with Gasteiger partial charge < -0.3 is 10.4 Å². The molecule has 0 saturated heterocycles. The van der Waals surface area contributed by atoms with Gasteiger partial charge in [0.05, 0.1) is 12.0 Å². The van der Waals surface area contributed by atoms with Crippen molar-refractivity contribution in [3.8, 4) is 0 Å². The summed E-state index contributed by atoms with van der Waals surface area (Å²) in [5.41, 5.74) is 2.35. The molecule has 1 aliphatic carbocycles. The number of hydrogen-bond donors (Lipinski definition) is 2. The Morgan fingerprint density at radius 3 is 2.65 bits per heavy atom. The smallest absolute Gasteiger partial charge is 0.227 e. The van der Waals surface area contributed by atoms with Crippen molar-refractivity contribution in [3.63, 3.8) is 0 Å². The SMILES string of the molecule is CCc1cccc(C)c1NC(=O)CC1(O)CCCCC1. The first-order valence-electron chi connectivity index (χ1n) is 7.65. The topological polar surface area (TPSA) is 49.3 Å². The molecule has 1 amide bonds. The predicted molar refractivity (Wildman–Crippen MR) is 81.8 cm³/mol. The van der Waals surface area contributed by atoms with Crippen molar-refractivity contribution < 1.29 is 9.90 Å². The van der Waals surface area contributed by atoms with Gasteiger partial charge in [0.1, 0.15) is 0 Å². The van der Waals surface area contributed by atoms with E-state index in [1.165, 1.54) is 6.42 Å². The van der Waals surface area contributed by atoms with Gasteiger partial charge in [0.25, 0.3) is 0 Å². The zero-order valence-corrected chi connectivity index (χ0v) is 12.5. The van der Waals surface area contributed by atoms with E-state index < -0.39 is 5.60 Å². The molecule has 20 heavy (non-hydrogen) atoms. The lowest BCUT2D eigenvalue weighted by Gasteiger charge is -2.31. The molecule has 3 nitrogen and oxygen atoms in total. The summed E-state index contributed by atoms with van der Waals surface area (Å²) in [6.07, 6.45) is 5.81. The van der Waals surface area contributed by atoms with Gasteiger partial charge in [-0.25, -0.2) is 0 Å². The zero-order chi connectivity index (χ0) is 14.6. The Hall–Kier alpha value is -1.35. The predicted octanol–water partition coefficient (Wildman–Crippen LogP) is 3.58. The first-order valence-corrected chi connectivity index (χ1v) is 7.65. The first kappa shape index (κ1) is 15.0. The monoisotopic (exact) mass is 275 g/mol. The molecular formula is C17H25NO2. The Balaban J connectivity index is 2.04. The van der Waals surface area contributed by atoms with Gasteiger partial charge in [-0.2, -0.15) is 0 Å². The second-order valence-electron chi connectivity index (χ2n) is 5.97. The molecule has 0 unspecified atom stereocenters. The minimum Gasteiger partial charge on any atom is -0.389 e. The van der Waals surface area contributed by atoms with Gasteiger partial charge in [-0.1, -0.05) is 44.4 Å². The van der Waals surface area contributed by atoms with Crippen LogP contribution < -0.4 is 5.32 Å². The van der Waals surface area contributed by atoms with Crippen LogP contribution in [0.5, 0.6) is 0 Å². The van der Waals surface area contributed by atoms with Crippen LogP contribution in [0.3, 0.4) is 0 Å². The first-order chi connectivity index (χ1) is 9.54. The third kappa shape index (κ3) is 3.60. The summed E-state index contributed by atoms with van der Waals surface area (Å²) in [6, 6.07) is 6.06. The molecular weight excluding hydrogens is 250 g/mol. The summed E-state index contributed by atoms with van der Waals surface area (Å²) in [4.78, 5) is 12.2. The maximum Gasteiger partial charge on any atom is 0.227 e. The minimum atomic E-state index is -0.794. The van der Waals surface area contributed by atoms with E-state index in [2.05, 4.69) is 12.2 Å². The number of anilines is 1. The second kappa shape index (κ2) is 6.40. The highest BCUT2D eigenvalue weighted by Crippen LogP contribution is 2.31. The van der Waals surface area contributed by atoms with E-state index in [0.717, 1.165) is 48.9 Å². The molecule has 0 radical (unpaired) electrons. The molecule has 0 aromatic heterocycles. The van der Waals surface area contributed by atoms with Gasteiger partial charge in [-0.15, -0.1) is 0 Å². The minimum absolute atomic E-state index is 0.0709. The van der Waals surface area contributed by atoms with Crippen molar-refractivity contribution in [3.05, 3.63) is 29.3 Å². The molecule has 1 saturated carbocycles. The molecule has 0 aliphatic heterocycles. The van der Waals surface area contributed by atoms with Crippen molar-refractivity contribution in [2.75, 3.05) is 5.32 Å². The number of para-hydroxylation sites is 1. The fourth-order valence-electron chi connectivity index (χ4n) is 3.07. The summed E-state index contributed by atoms with van der Waals surface area (Å²) in [5.74, 6) is -0.0709. The van der Waals surface area contributed by atoms with Crippen LogP contribution in [-0.4, -0.2) is 16.6 Å². The van der Waals surface area contributed by atoms with Crippen LogP contribution in [0.4, 0.5) is 5.69 Å². The van der Waals surface area contributed by atoms with E-state index >= 15 is 0 Å². The number of hydrogen-bond acceptors (Lipinski definition) is 2. The number of aryl methyl sites for hydroxylation is 2. The Bertz CT molecular complexity index is 476. The summed E-state index contributed by atoms with van der Waals surface area (Å²) in [7, 11) is 0. The molecule has 3 heteroatoms. The Morgan fingerprint density at radius 1 is 1.30 bits per heavy atom. The molecule has 1 aromatic rings. The van der Waals surface area contributed by atoms with Gasteiger partial charge in [0.2, 0.25) is 5.91 Å². The van der Waals surface area contributed by atoms with Crippen LogP contribution >= 0.6 is 0 Å². The number of nitrogens with one attached hydrogen (secondary N) is 1. The number of carbonyl (C=O) groups is 1. The van der Waals surface area contributed by atoms with Crippen molar-refractivity contribution >= 4 is 11.6 Å². The zero-order valence-electron chi connectivity index (χ0n) is 12.5. The van der Waals surface area contributed by atoms with Crippen molar-refractivity contribution in [1.29, 1.82) is 0 Å². The normalized spacial score (nSPS) is 17.8. The number of benzene rings is 1. The number of amides is 1. The van der Waals surface area contributed by atoms with E-state index in [0.29, 0.717) is 0 Å². The second-order valence-corrected chi connectivity index (χ2v) is 5.97. The lowest BCUT2D eigenvalue weighted by molar-refractivity contribution is -0.122. The summed E-state index contributed by atoms with van der Waals surface area (Å²) in [5, 5.41) is 13.5. The fraction of sp³-hybridized carbons (Fsp3) is 0.588. The van der Waals surface area contributed by atoms with E-state index in [1.54, 1.807) is 0 Å². The van der Waals surface area contributed by atoms with Gasteiger partial charge in [0.15, 0.2) is 0 Å². The Labute approximate surface area is 121 Å². The molecule has 1 fully saturated rings. The lowest BCUT2D eigenvalue weighted by Crippen LogP contribution is -2.36. The molecule has 110 valence electrons. The highest BCUT2D eigenvalue weighted by Gasteiger charge is 2.31.